The number of ether oxygens (including phenoxy) is 1. The maximum atomic E-state index is 12.1. The summed E-state index contributed by atoms with van der Waals surface area (Å²) < 4.78 is 5.20. The fourth-order valence-corrected chi connectivity index (χ4v) is 4.04. The molecule has 1 atom stereocenters. The fraction of sp³-hybridized carbons (Fsp3) is 0.944. The molecule has 0 aromatic rings. The molecule has 5 heteroatoms. The molecule has 1 saturated carbocycles. The highest BCUT2D eigenvalue weighted by molar-refractivity contribution is 5.76. The highest BCUT2D eigenvalue weighted by atomic mass is 16.5. The maximum Gasteiger partial charge on any atom is 0.221 e. The van der Waals surface area contributed by atoms with Crippen LogP contribution in [0.1, 0.15) is 57.8 Å². The SMILES string of the molecule is COCCC1(CO)CCCN(CCC(=O)NC2CCCCC2)C1. The second-order valence-electron chi connectivity index (χ2n) is 7.43. The number of carbonyl (C=O) groups excluding carboxylic acids is 1. The lowest BCUT2D eigenvalue weighted by molar-refractivity contribution is -0.122. The Morgan fingerprint density at radius 1 is 1.30 bits per heavy atom. The van der Waals surface area contributed by atoms with Crippen LogP contribution >= 0.6 is 0 Å². The van der Waals surface area contributed by atoms with Gasteiger partial charge in [-0.25, -0.2) is 0 Å². The topological polar surface area (TPSA) is 61.8 Å². The van der Waals surface area contributed by atoms with E-state index in [1.54, 1.807) is 7.11 Å². The van der Waals surface area contributed by atoms with Crippen molar-refractivity contribution in [1.82, 2.24) is 10.2 Å². The van der Waals surface area contributed by atoms with Crippen LogP contribution in [0, 0.1) is 5.41 Å². The first-order valence-electron chi connectivity index (χ1n) is 9.29. The Bertz CT molecular complexity index is 358. The van der Waals surface area contributed by atoms with Crippen LogP contribution < -0.4 is 5.32 Å². The summed E-state index contributed by atoms with van der Waals surface area (Å²) in [5.74, 6) is 0.189. The molecule has 2 rings (SSSR count). The van der Waals surface area contributed by atoms with Gasteiger partial charge < -0.3 is 20.1 Å². The number of nitrogens with one attached hydrogen (secondary N) is 1. The average molecular weight is 326 g/mol. The van der Waals surface area contributed by atoms with Crippen LogP contribution in [0.3, 0.4) is 0 Å². The quantitative estimate of drug-likeness (QED) is 0.715. The summed E-state index contributed by atoms with van der Waals surface area (Å²) in [5.41, 5.74) is -0.0475. The van der Waals surface area contributed by atoms with Gasteiger partial charge in [-0.1, -0.05) is 19.3 Å². The molecule has 1 aliphatic carbocycles. The van der Waals surface area contributed by atoms with Gasteiger partial charge in [0.1, 0.15) is 0 Å². The summed E-state index contributed by atoms with van der Waals surface area (Å²) in [7, 11) is 1.71. The van der Waals surface area contributed by atoms with Crippen molar-refractivity contribution >= 4 is 5.91 Å². The van der Waals surface area contributed by atoms with Crippen LogP contribution in [0.15, 0.2) is 0 Å². The zero-order chi connectivity index (χ0) is 16.5. The third kappa shape index (κ3) is 6.05. The number of rotatable bonds is 8. The monoisotopic (exact) mass is 326 g/mol. The number of methoxy groups -OCH3 is 1. The largest absolute Gasteiger partial charge is 0.396 e. The number of piperidine rings is 1. The third-order valence-electron chi connectivity index (χ3n) is 5.54. The first-order chi connectivity index (χ1) is 11.2. The molecule has 2 fully saturated rings. The summed E-state index contributed by atoms with van der Waals surface area (Å²) in [4.78, 5) is 14.5. The van der Waals surface area contributed by atoms with Crippen LogP contribution in [-0.2, 0) is 9.53 Å². The summed E-state index contributed by atoms with van der Waals surface area (Å²) >= 11 is 0. The van der Waals surface area contributed by atoms with Crippen LogP contribution in [0.2, 0.25) is 0 Å². The smallest absolute Gasteiger partial charge is 0.221 e. The van der Waals surface area contributed by atoms with E-state index in [2.05, 4.69) is 10.2 Å². The van der Waals surface area contributed by atoms with Crippen LogP contribution in [0.25, 0.3) is 0 Å². The molecule has 0 spiro atoms. The van der Waals surface area contributed by atoms with Crippen molar-refractivity contribution in [3.05, 3.63) is 0 Å². The number of likely N-dealkylation sites (tertiary alicyclic amines) is 1. The lowest BCUT2D eigenvalue weighted by atomic mass is 9.78. The molecular weight excluding hydrogens is 292 g/mol. The van der Waals surface area contributed by atoms with E-state index in [1.165, 1.54) is 19.3 Å². The molecule has 5 nitrogen and oxygen atoms in total. The lowest BCUT2D eigenvalue weighted by Gasteiger charge is -2.42. The van der Waals surface area contributed by atoms with Gasteiger partial charge in [-0.3, -0.25) is 4.79 Å². The molecule has 0 aromatic heterocycles. The Balaban J connectivity index is 1.72. The molecule has 134 valence electrons. The van der Waals surface area contributed by atoms with Gasteiger partial charge in [0.25, 0.3) is 0 Å². The van der Waals surface area contributed by atoms with E-state index >= 15 is 0 Å². The van der Waals surface area contributed by atoms with Gasteiger partial charge in [0, 0.05) is 44.7 Å². The van der Waals surface area contributed by atoms with Crippen LogP contribution in [0.5, 0.6) is 0 Å². The number of hydrogen-bond donors (Lipinski definition) is 2. The van der Waals surface area contributed by atoms with Crippen molar-refractivity contribution in [2.75, 3.05) is 40.0 Å². The predicted octanol–water partition coefficient (Wildman–Crippen LogP) is 1.94. The molecule has 1 aliphatic heterocycles. The van der Waals surface area contributed by atoms with Crippen LogP contribution in [-0.4, -0.2) is 61.9 Å². The summed E-state index contributed by atoms with van der Waals surface area (Å²) in [5, 5.41) is 13.0. The summed E-state index contributed by atoms with van der Waals surface area (Å²) in [6, 6.07) is 0.399. The molecule has 2 aliphatic rings. The van der Waals surface area contributed by atoms with Crippen molar-refractivity contribution in [3.8, 4) is 0 Å². The van der Waals surface area contributed by atoms with Crippen LogP contribution in [0.4, 0.5) is 0 Å². The van der Waals surface area contributed by atoms with Crippen molar-refractivity contribution in [1.29, 1.82) is 0 Å². The van der Waals surface area contributed by atoms with Crippen molar-refractivity contribution in [2.45, 2.75) is 63.8 Å². The van der Waals surface area contributed by atoms with E-state index in [-0.39, 0.29) is 17.9 Å². The Morgan fingerprint density at radius 3 is 2.78 bits per heavy atom. The number of carbonyl (C=O) groups is 1. The summed E-state index contributed by atoms with van der Waals surface area (Å²) in [6.07, 6.45) is 9.69. The minimum Gasteiger partial charge on any atom is -0.396 e. The normalized spacial score (nSPS) is 27.0. The molecule has 0 aromatic carbocycles. The van der Waals surface area contributed by atoms with Gasteiger partial charge >= 0.3 is 0 Å². The number of aliphatic hydroxyl groups excluding tert-OH is 1. The van der Waals surface area contributed by atoms with E-state index in [4.69, 9.17) is 4.74 Å². The molecule has 1 unspecified atom stereocenters. The molecule has 1 amide bonds. The molecule has 23 heavy (non-hydrogen) atoms. The van der Waals surface area contributed by atoms with Crippen molar-refractivity contribution < 1.29 is 14.6 Å². The fourth-order valence-electron chi connectivity index (χ4n) is 4.04. The second kappa shape index (κ2) is 9.60. The van der Waals surface area contributed by atoms with Gasteiger partial charge in [-0.15, -0.1) is 0 Å². The Morgan fingerprint density at radius 2 is 2.09 bits per heavy atom. The first-order valence-corrected chi connectivity index (χ1v) is 9.29. The van der Waals surface area contributed by atoms with E-state index in [0.29, 0.717) is 19.1 Å². The van der Waals surface area contributed by atoms with Gasteiger partial charge in [-0.2, -0.15) is 0 Å². The minimum absolute atomic E-state index is 0.0475. The minimum atomic E-state index is -0.0475. The van der Waals surface area contributed by atoms with Gasteiger partial charge in [-0.05, 0) is 38.6 Å². The van der Waals surface area contributed by atoms with Gasteiger partial charge in [0.05, 0.1) is 6.61 Å². The zero-order valence-electron chi connectivity index (χ0n) is 14.7. The molecule has 1 saturated heterocycles. The van der Waals surface area contributed by atoms with Crippen molar-refractivity contribution in [3.63, 3.8) is 0 Å². The standard InChI is InChI=1S/C18H34N2O3/c1-23-13-10-18(15-21)9-5-11-20(14-18)12-8-17(22)19-16-6-3-2-4-7-16/h16,21H,2-15H2,1H3,(H,19,22). The highest BCUT2D eigenvalue weighted by Gasteiger charge is 2.34. The third-order valence-corrected chi connectivity index (χ3v) is 5.54. The zero-order valence-corrected chi connectivity index (χ0v) is 14.7. The number of amides is 1. The predicted molar refractivity (Wildman–Crippen MR) is 91.3 cm³/mol. The molecule has 0 bridgehead atoms. The molecular formula is C18H34N2O3. The summed E-state index contributed by atoms with van der Waals surface area (Å²) in [6.45, 7) is 3.61. The Labute approximate surface area is 140 Å². The molecule has 1 heterocycles. The lowest BCUT2D eigenvalue weighted by Crippen LogP contribution is -2.47. The average Bonchev–Trinajstić information content (AvgIpc) is 2.59. The van der Waals surface area contributed by atoms with E-state index in [1.807, 2.05) is 0 Å². The van der Waals surface area contributed by atoms with Gasteiger partial charge in [0.15, 0.2) is 0 Å². The Kier molecular flexibility index (Phi) is 7.80. The highest BCUT2D eigenvalue weighted by Crippen LogP contribution is 2.33. The van der Waals surface area contributed by atoms with Crippen molar-refractivity contribution in [2.24, 2.45) is 5.41 Å². The number of nitrogens with zero attached hydrogens (tertiary/aromatic N) is 1. The van der Waals surface area contributed by atoms with E-state index < -0.39 is 0 Å². The van der Waals surface area contributed by atoms with E-state index in [9.17, 15) is 9.90 Å². The number of hydrogen-bond acceptors (Lipinski definition) is 4. The van der Waals surface area contributed by atoms with E-state index in [0.717, 1.165) is 51.7 Å². The maximum absolute atomic E-state index is 12.1. The molecule has 2 N–H and O–H groups in total. The Hall–Kier alpha value is -0.650. The van der Waals surface area contributed by atoms with Gasteiger partial charge in [0.2, 0.25) is 5.91 Å². The number of aliphatic hydroxyl groups is 1. The second-order valence-corrected chi connectivity index (χ2v) is 7.43. The first kappa shape index (κ1) is 18.7. The molecule has 0 radical (unpaired) electrons.